The first kappa shape index (κ1) is 28.7. The number of nitrogens with zero attached hydrogens (tertiary/aromatic N) is 5. The van der Waals surface area contributed by atoms with E-state index in [-0.39, 0.29) is 23.8 Å². The number of hydrogen-bond acceptors (Lipinski definition) is 10. The van der Waals surface area contributed by atoms with Gasteiger partial charge in [-0.1, -0.05) is 11.6 Å². The van der Waals surface area contributed by atoms with Gasteiger partial charge in [0.2, 0.25) is 0 Å². The highest BCUT2D eigenvalue weighted by atomic mass is 35.5. The molecule has 2 aliphatic heterocycles. The van der Waals surface area contributed by atoms with Gasteiger partial charge in [-0.05, 0) is 52.4 Å². The van der Waals surface area contributed by atoms with Crippen LogP contribution in [0.15, 0.2) is 28.7 Å². The molecule has 4 heterocycles. The smallest absolute Gasteiger partial charge is 0.278 e. The van der Waals surface area contributed by atoms with E-state index in [1.807, 2.05) is 11.8 Å². The molecule has 0 spiro atoms. The van der Waals surface area contributed by atoms with Gasteiger partial charge in [-0.15, -0.1) is 0 Å². The van der Waals surface area contributed by atoms with Crippen molar-refractivity contribution in [2.45, 2.75) is 59.4 Å². The molecular formula is C29H34ClN7O4. The Bertz CT molecular complexity index is 1610. The van der Waals surface area contributed by atoms with Crippen molar-refractivity contribution in [1.29, 1.82) is 0 Å². The van der Waals surface area contributed by atoms with Crippen LogP contribution in [0.2, 0.25) is 5.02 Å². The van der Waals surface area contributed by atoms with Gasteiger partial charge in [0.1, 0.15) is 30.1 Å². The monoisotopic (exact) mass is 579 g/mol. The molecule has 0 aliphatic carbocycles. The molecule has 0 unspecified atom stereocenters. The van der Waals surface area contributed by atoms with Crippen molar-refractivity contribution in [3.63, 3.8) is 0 Å². The minimum atomic E-state index is -0.694. The summed E-state index contributed by atoms with van der Waals surface area (Å²) in [5.41, 5.74) is 9.77. The number of rotatable bonds is 9. The maximum atomic E-state index is 12.9. The Morgan fingerprint density at radius 2 is 2.02 bits per heavy atom. The van der Waals surface area contributed by atoms with Crippen LogP contribution >= 0.6 is 11.6 Å². The minimum absolute atomic E-state index is 0.0797. The molecule has 12 heteroatoms. The zero-order valence-electron chi connectivity index (χ0n) is 23.6. The number of fused-ring (bicyclic) bond motifs is 3. The van der Waals surface area contributed by atoms with Crippen molar-refractivity contribution >= 4 is 28.8 Å². The summed E-state index contributed by atoms with van der Waals surface area (Å²) < 4.78 is 7.94. The average molecular weight is 580 g/mol. The lowest BCUT2D eigenvalue weighted by atomic mass is 10.0. The zero-order valence-corrected chi connectivity index (χ0v) is 24.4. The summed E-state index contributed by atoms with van der Waals surface area (Å²) in [4.78, 5) is 41.7. The van der Waals surface area contributed by atoms with E-state index in [9.17, 15) is 14.7 Å². The maximum absolute atomic E-state index is 12.9. The molecule has 216 valence electrons. The van der Waals surface area contributed by atoms with Crippen molar-refractivity contribution in [1.82, 2.24) is 24.8 Å². The number of nitrogens with two attached hydrogens (primary N) is 1. The number of aliphatic hydroxyl groups excluding tert-OH is 1. The third kappa shape index (κ3) is 5.57. The lowest BCUT2D eigenvalue weighted by Crippen LogP contribution is -2.29. The number of carbonyl (C=O) groups is 1. The van der Waals surface area contributed by atoms with Crippen molar-refractivity contribution in [2.75, 3.05) is 25.1 Å². The fraction of sp³-hybridized carbons (Fsp3) is 0.414. The van der Waals surface area contributed by atoms with Gasteiger partial charge in [-0.25, -0.2) is 9.97 Å². The summed E-state index contributed by atoms with van der Waals surface area (Å²) in [5.74, 6) is 1.92. The Labute approximate surface area is 243 Å². The number of benzene rings is 1. The highest BCUT2D eigenvalue weighted by Gasteiger charge is 2.32. The molecule has 0 radical (unpaired) electrons. The lowest BCUT2D eigenvalue weighted by Gasteiger charge is -2.22. The molecule has 4 N–H and O–H groups in total. The Kier molecular flexibility index (Phi) is 8.12. The van der Waals surface area contributed by atoms with Gasteiger partial charge in [0.05, 0.1) is 34.9 Å². The van der Waals surface area contributed by atoms with Gasteiger partial charge in [0.15, 0.2) is 11.6 Å². The van der Waals surface area contributed by atoms with Crippen LogP contribution in [0.25, 0.3) is 17.0 Å². The van der Waals surface area contributed by atoms with Crippen molar-refractivity contribution in [3.05, 3.63) is 67.6 Å². The zero-order chi connectivity index (χ0) is 29.4. The van der Waals surface area contributed by atoms with Crippen LogP contribution in [0.5, 0.6) is 5.75 Å². The number of aromatic nitrogens is 4. The number of aliphatic hydroxyl groups is 1. The summed E-state index contributed by atoms with van der Waals surface area (Å²) in [5, 5.41) is 13.4. The van der Waals surface area contributed by atoms with E-state index in [1.165, 1.54) is 6.92 Å². The highest BCUT2D eigenvalue weighted by Crippen LogP contribution is 2.37. The third-order valence-corrected chi connectivity index (χ3v) is 7.74. The third-order valence-electron chi connectivity index (χ3n) is 7.41. The summed E-state index contributed by atoms with van der Waals surface area (Å²) in [6.07, 6.45) is 1.05. The van der Waals surface area contributed by atoms with Crippen LogP contribution in [-0.2, 0) is 30.8 Å². The van der Waals surface area contributed by atoms with Gasteiger partial charge in [0, 0.05) is 42.0 Å². The van der Waals surface area contributed by atoms with E-state index < -0.39 is 6.10 Å². The number of nitrogens with one attached hydrogen (secondary N) is 1. The number of allylic oxidation sites excluding steroid dienone is 2. The topological polar surface area (TPSA) is 148 Å². The Morgan fingerprint density at radius 1 is 1.24 bits per heavy atom. The molecule has 11 nitrogen and oxygen atoms in total. The number of carbonyl (C=O) groups excluding carboxylic acids is 1. The summed E-state index contributed by atoms with van der Waals surface area (Å²) in [6, 6.07) is 5.09. The minimum Gasteiger partial charge on any atom is -0.491 e. The second-order valence-electron chi connectivity index (χ2n) is 10.5. The molecule has 0 bridgehead atoms. The second kappa shape index (κ2) is 11.6. The van der Waals surface area contributed by atoms with Crippen LogP contribution in [-0.4, -0.2) is 56.7 Å². The van der Waals surface area contributed by atoms with E-state index >= 15 is 0 Å². The maximum Gasteiger partial charge on any atom is 0.278 e. The largest absolute Gasteiger partial charge is 0.491 e. The lowest BCUT2D eigenvalue weighted by molar-refractivity contribution is -0.111. The summed E-state index contributed by atoms with van der Waals surface area (Å²) >= 11 is 6.64. The Hall–Kier alpha value is -3.80. The van der Waals surface area contributed by atoms with Crippen LogP contribution in [0.4, 0.5) is 5.82 Å². The number of aryl methyl sites for hydroxylation is 1. The van der Waals surface area contributed by atoms with Gasteiger partial charge in [0.25, 0.3) is 5.56 Å². The van der Waals surface area contributed by atoms with Crippen LogP contribution in [0.3, 0.4) is 0 Å². The number of ketones is 1. The quantitative estimate of drug-likeness (QED) is 0.323. The average Bonchev–Trinajstić information content (AvgIpc) is 3.57. The molecule has 2 aliphatic rings. The molecule has 41 heavy (non-hydrogen) atoms. The number of anilines is 1. The van der Waals surface area contributed by atoms with E-state index in [1.54, 1.807) is 32.2 Å². The van der Waals surface area contributed by atoms with Gasteiger partial charge >= 0.3 is 0 Å². The number of ether oxygens (including phenoxy) is 1. The molecule has 0 saturated heterocycles. The fourth-order valence-electron chi connectivity index (χ4n) is 5.51. The summed E-state index contributed by atoms with van der Waals surface area (Å²) in [6.45, 7) is 7.05. The molecule has 0 fully saturated rings. The molecule has 0 amide bonds. The van der Waals surface area contributed by atoms with E-state index in [2.05, 4.69) is 14.9 Å². The molecule has 1 aromatic carbocycles. The SMILES string of the molecule is CNC[C@@H](O)COc1ccc(Cl)c(-c2nc(C(C(C)=O)=C(C)N)c(C)c(N3Cc4c(n5c(nc4=O)CCC5)C3)n2)c1. The first-order chi connectivity index (χ1) is 19.6. The molecule has 0 saturated carbocycles. The Morgan fingerprint density at radius 3 is 2.73 bits per heavy atom. The van der Waals surface area contributed by atoms with Gasteiger partial charge < -0.3 is 30.4 Å². The standard InChI is InChI=1S/C29H34ClN7O4/c1-15-26(25(16(2)31)17(3)38)34-27(20-10-19(7-8-22(20)30)41-14-18(39)11-32-4)35-28(15)36-12-21-23(13-36)37-9-5-6-24(37)33-29(21)40/h7-8,10,18,32,39H,5-6,9,11-14,31H2,1-4H3/t18-/m1/s1. The predicted octanol–water partition coefficient (Wildman–Crippen LogP) is 2.37. The molecule has 5 rings (SSSR count). The normalized spacial score (nSPS) is 15.4. The van der Waals surface area contributed by atoms with Crippen molar-refractivity contribution in [2.24, 2.45) is 5.73 Å². The van der Waals surface area contributed by atoms with Crippen molar-refractivity contribution in [3.8, 4) is 17.1 Å². The molecule has 3 aromatic rings. The molecule has 2 aromatic heterocycles. The summed E-state index contributed by atoms with van der Waals surface area (Å²) in [7, 11) is 1.75. The Balaban J connectivity index is 1.62. The number of Topliss-reactive ketones (excluding diaryl/α,β-unsaturated/α-hetero) is 1. The van der Waals surface area contributed by atoms with Gasteiger partial charge in [-0.3, -0.25) is 9.59 Å². The number of halogens is 1. The number of likely N-dealkylation sites (N-methyl/N-ethyl adjacent to an activating group) is 1. The second-order valence-corrected chi connectivity index (χ2v) is 10.9. The van der Waals surface area contributed by atoms with Crippen LogP contribution < -0.4 is 26.2 Å². The molecular weight excluding hydrogens is 546 g/mol. The predicted molar refractivity (Wildman–Crippen MR) is 157 cm³/mol. The van der Waals surface area contributed by atoms with E-state index in [0.717, 1.165) is 30.9 Å². The number of hydrogen-bond donors (Lipinski definition) is 3. The van der Waals surface area contributed by atoms with Crippen LogP contribution in [0, 0.1) is 6.92 Å². The van der Waals surface area contributed by atoms with Crippen molar-refractivity contribution < 1.29 is 14.6 Å². The first-order valence-electron chi connectivity index (χ1n) is 13.6. The van der Waals surface area contributed by atoms with E-state index in [0.29, 0.717) is 69.9 Å². The first-order valence-corrected chi connectivity index (χ1v) is 13.9. The van der Waals surface area contributed by atoms with Gasteiger partial charge in [-0.2, -0.15) is 4.98 Å². The van der Waals surface area contributed by atoms with Crippen LogP contribution in [0.1, 0.15) is 48.6 Å². The fourth-order valence-corrected chi connectivity index (χ4v) is 5.72. The molecule has 1 atom stereocenters. The highest BCUT2D eigenvalue weighted by molar-refractivity contribution is 6.33. The van der Waals surface area contributed by atoms with E-state index in [4.69, 9.17) is 32.0 Å².